The van der Waals surface area contributed by atoms with Crippen molar-refractivity contribution in [2.75, 3.05) is 0 Å². The van der Waals surface area contributed by atoms with Crippen LogP contribution in [0.25, 0.3) is 0 Å². The molecule has 0 aliphatic rings. The number of rotatable bonds is 2. The second-order valence-electron chi connectivity index (χ2n) is 2.31. The number of hydrogen-bond donors (Lipinski definition) is 0. The van der Waals surface area contributed by atoms with Gasteiger partial charge in [0.05, 0.1) is 4.92 Å². The van der Waals surface area contributed by atoms with Gasteiger partial charge >= 0.3 is 0 Å². The molecular formula is C7H4Cl2FNO2. The summed E-state index contributed by atoms with van der Waals surface area (Å²) in [6, 6.07) is 4.79. The minimum absolute atomic E-state index is 0.148. The van der Waals surface area contributed by atoms with Crippen molar-refractivity contribution < 1.29 is 9.31 Å². The Bertz CT molecular complexity index is 338. The fraction of sp³-hybridized carbons (Fsp3) is 0.143. The van der Waals surface area contributed by atoms with E-state index in [4.69, 9.17) is 23.2 Å². The zero-order chi connectivity index (χ0) is 10.1. The van der Waals surface area contributed by atoms with Crippen molar-refractivity contribution in [3.8, 4) is 0 Å². The first-order chi connectivity index (χ1) is 5.91. The van der Waals surface area contributed by atoms with Gasteiger partial charge in [-0.2, -0.15) is 0 Å². The zero-order valence-corrected chi connectivity index (χ0v) is 7.72. The smallest absolute Gasteiger partial charge is 0.258 e. The van der Waals surface area contributed by atoms with Gasteiger partial charge in [0.2, 0.25) is 0 Å². The summed E-state index contributed by atoms with van der Waals surface area (Å²) in [5, 5.41) is 10.3. The molecule has 3 nitrogen and oxygen atoms in total. The van der Waals surface area contributed by atoms with Crippen LogP contribution >= 0.6 is 23.2 Å². The Morgan fingerprint density at radius 2 is 2.08 bits per heavy atom. The maximum absolute atomic E-state index is 12.9. The van der Waals surface area contributed by atoms with Crippen molar-refractivity contribution >= 4 is 28.9 Å². The van der Waals surface area contributed by atoms with Gasteiger partial charge in [-0.15, -0.1) is 0 Å². The Kier molecular flexibility index (Phi) is 2.73. The number of nitro benzene ring substituents is 1. The third kappa shape index (κ3) is 2.54. The molecule has 0 atom stereocenters. The van der Waals surface area contributed by atoms with Gasteiger partial charge in [-0.05, 0) is 0 Å². The SMILES string of the molecule is O=[N+]([O-])c1cccc(C(F)(Cl)Cl)c1. The lowest BCUT2D eigenvalue weighted by Crippen LogP contribution is -2.01. The number of benzene rings is 1. The maximum atomic E-state index is 12.9. The summed E-state index contributed by atoms with van der Waals surface area (Å²) in [4.78, 5) is 9.63. The molecule has 6 heteroatoms. The normalized spacial score (nSPS) is 11.3. The lowest BCUT2D eigenvalue weighted by molar-refractivity contribution is -0.385. The van der Waals surface area contributed by atoms with E-state index in [0.717, 1.165) is 6.07 Å². The fourth-order valence-electron chi connectivity index (χ4n) is 0.796. The summed E-state index contributed by atoms with van der Waals surface area (Å²) in [5.41, 5.74) is -0.397. The topological polar surface area (TPSA) is 43.1 Å². The standard InChI is InChI=1S/C7H4Cl2FNO2/c8-7(9,10)5-2-1-3-6(4-5)11(12)13/h1-4H. The van der Waals surface area contributed by atoms with Gasteiger partial charge in [-0.1, -0.05) is 35.3 Å². The first kappa shape index (κ1) is 10.2. The molecule has 0 heterocycles. The molecule has 0 aliphatic heterocycles. The van der Waals surface area contributed by atoms with Gasteiger partial charge in [0.1, 0.15) is 0 Å². The Labute approximate surface area is 83.2 Å². The Morgan fingerprint density at radius 3 is 2.54 bits per heavy atom. The highest BCUT2D eigenvalue weighted by Gasteiger charge is 2.26. The van der Waals surface area contributed by atoms with Crippen LogP contribution in [0.4, 0.5) is 10.1 Å². The summed E-state index contributed by atoms with van der Waals surface area (Å²) in [5.74, 6) is 0. The van der Waals surface area contributed by atoms with Crippen molar-refractivity contribution in [1.29, 1.82) is 0 Å². The van der Waals surface area contributed by atoms with Crippen LogP contribution in [0.1, 0.15) is 5.56 Å². The van der Waals surface area contributed by atoms with Gasteiger partial charge in [0.25, 0.3) is 10.3 Å². The monoisotopic (exact) mass is 223 g/mol. The Balaban J connectivity index is 3.13. The highest BCUT2D eigenvalue weighted by molar-refractivity contribution is 6.46. The van der Waals surface area contributed by atoms with Crippen LogP contribution in [-0.4, -0.2) is 4.92 Å². The van der Waals surface area contributed by atoms with Crippen LogP contribution in [0.3, 0.4) is 0 Å². The highest BCUT2D eigenvalue weighted by atomic mass is 35.5. The van der Waals surface area contributed by atoms with E-state index in [-0.39, 0.29) is 11.3 Å². The molecule has 13 heavy (non-hydrogen) atoms. The summed E-state index contributed by atoms with van der Waals surface area (Å²) >= 11 is 10.2. The van der Waals surface area contributed by atoms with Gasteiger partial charge in [-0.3, -0.25) is 10.1 Å². The van der Waals surface area contributed by atoms with E-state index in [1.54, 1.807) is 0 Å². The number of nitro groups is 1. The van der Waals surface area contributed by atoms with Crippen LogP contribution < -0.4 is 0 Å². The lowest BCUT2D eigenvalue weighted by atomic mass is 10.2. The number of halogens is 3. The van der Waals surface area contributed by atoms with Crippen molar-refractivity contribution in [1.82, 2.24) is 0 Å². The molecule has 0 fully saturated rings. The van der Waals surface area contributed by atoms with E-state index in [0.29, 0.717) is 0 Å². The molecule has 1 aromatic rings. The molecule has 0 spiro atoms. The largest absolute Gasteiger partial charge is 0.283 e. The fourth-order valence-corrected chi connectivity index (χ4v) is 1.03. The lowest BCUT2D eigenvalue weighted by Gasteiger charge is -2.07. The second-order valence-corrected chi connectivity index (χ2v) is 3.54. The van der Waals surface area contributed by atoms with Crippen LogP contribution in [-0.2, 0) is 4.59 Å². The predicted molar refractivity (Wildman–Crippen MR) is 47.6 cm³/mol. The molecule has 0 unspecified atom stereocenters. The maximum Gasteiger partial charge on any atom is 0.283 e. The molecule has 0 saturated heterocycles. The molecule has 0 aromatic heterocycles. The van der Waals surface area contributed by atoms with Crippen molar-refractivity contribution in [2.24, 2.45) is 0 Å². The van der Waals surface area contributed by atoms with E-state index in [1.807, 2.05) is 0 Å². The summed E-state index contributed by atoms with van der Waals surface area (Å²) in [6.07, 6.45) is 0. The molecule has 0 saturated carbocycles. The van der Waals surface area contributed by atoms with Crippen molar-refractivity contribution in [3.63, 3.8) is 0 Å². The van der Waals surface area contributed by atoms with E-state index < -0.39 is 9.51 Å². The van der Waals surface area contributed by atoms with E-state index >= 15 is 0 Å². The molecular weight excluding hydrogens is 220 g/mol. The van der Waals surface area contributed by atoms with Gasteiger partial charge < -0.3 is 0 Å². The number of nitrogens with zero attached hydrogens (tertiary/aromatic N) is 1. The van der Waals surface area contributed by atoms with Crippen LogP contribution in [0.5, 0.6) is 0 Å². The number of hydrogen-bond acceptors (Lipinski definition) is 2. The molecule has 1 rings (SSSR count). The van der Waals surface area contributed by atoms with Crippen molar-refractivity contribution in [2.45, 2.75) is 4.59 Å². The van der Waals surface area contributed by atoms with Crippen molar-refractivity contribution in [3.05, 3.63) is 39.9 Å². The molecule has 0 aliphatic carbocycles. The summed E-state index contributed by atoms with van der Waals surface area (Å²) < 4.78 is 10.3. The van der Waals surface area contributed by atoms with E-state index in [1.165, 1.54) is 18.2 Å². The second kappa shape index (κ2) is 3.47. The summed E-state index contributed by atoms with van der Waals surface area (Å²) in [7, 11) is 0. The van der Waals surface area contributed by atoms with Crippen LogP contribution in [0, 0.1) is 10.1 Å². The molecule has 0 N–H and O–H groups in total. The number of non-ortho nitro benzene ring substituents is 1. The molecule has 0 bridgehead atoms. The third-order valence-corrected chi connectivity index (χ3v) is 1.82. The average Bonchev–Trinajstić information content (AvgIpc) is 2.03. The molecule has 0 amide bonds. The zero-order valence-electron chi connectivity index (χ0n) is 6.21. The minimum Gasteiger partial charge on any atom is -0.258 e. The van der Waals surface area contributed by atoms with Crippen LogP contribution in [0.2, 0.25) is 0 Å². The van der Waals surface area contributed by atoms with Gasteiger partial charge in [0.15, 0.2) is 0 Å². The predicted octanol–water partition coefficient (Wildman–Crippen LogP) is 3.15. The third-order valence-electron chi connectivity index (χ3n) is 1.38. The van der Waals surface area contributed by atoms with Gasteiger partial charge in [0, 0.05) is 17.7 Å². The summed E-state index contributed by atoms with van der Waals surface area (Å²) in [6.45, 7) is 0. The minimum atomic E-state index is -2.59. The molecule has 0 radical (unpaired) electrons. The first-order valence-corrected chi connectivity index (χ1v) is 3.98. The van der Waals surface area contributed by atoms with E-state index in [9.17, 15) is 14.5 Å². The highest BCUT2D eigenvalue weighted by Crippen LogP contribution is 2.36. The Hall–Kier alpha value is -0.870. The van der Waals surface area contributed by atoms with E-state index in [2.05, 4.69) is 0 Å². The van der Waals surface area contributed by atoms with Crippen LogP contribution in [0.15, 0.2) is 24.3 Å². The Morgan fingerprint density at radius 1 is 1.46 bits per heavy atom. The average molecular weight is 224 g/mol. The first-order valence-electron chi connectivity index (χ1n) is 3.23. The quantitative estimate of drug-likeness (QED) is 0.439. The van der Waals surface area contributed by atoms with Gasteiger partial charge in [-0.25, -0.2) is 4.39 Å². The molecule has 70 valence electrons. The molecule has 1 aromatic carbocycles. The number of alkyl halides is 3.